The molecule has 0 unspecified atom stereocenters. The second kappa shape index (κ2) is 14.2. The van der Waals surface area contributed by atoms with Crippen LogP contribution in [0.2, 0.25) is 0 Å². The van der Waals surface area contributed by atoms with E-state index in [-0.39, 0.29) is 76.7 Å². The van der Waals surface area contributed by atoms with E-state index in [1.807, 2.05) is 0 Å². The van der Waals surface area contributed by atoms with Crippen LogP contribution in [-0.2, 0) is 11.0 Å². The molecule has 0 spiro atoms. The zero-order valence-electron chi connectivity index (χ0n) is 10.7. The first-order valence-corrected chi connectivity index (χ1v) is 6.28. The number of benzene rings is 1. The van der Waals surface area contributed by atoms with Crippen molar-refractivity contribution in [3.8, 4) is 5.75 Å². The summed E-state index contributed by atoms with van der Waals surface area (Å²) < 4.78 is 14.5. The maximum atomic E-state index is 10.3. The molecule has 0 aliphatic rings. The summed E-state index contributed by atoms with van der Waals surface area (Å²) in [5, 5.41) is 0. The van der Waals surface area contributed by atoms with Gasteiger partial charge in [-0.3, -0.25) is 0 Å². The molecule has 0 atom stereocenters. The van der Waals surface area contributed by atoms with Crippen LogP contribution >= 0.6 is 7.82 Å². The third kappa shape index (κ3) is 14.0. The Hall–Kier alpha value is 1.28. The molecular formula is C10H13Cl2Mg2O4P. The molecule has 0 radical (unpaired) electrons. The summed E-state index contributed by atoms with van der Waals surface area (Å²) in [7, 11) is -4.92. The number of hydrogen-bond donors (Lipinski definition) is 0. The summed E-state index contributed by atoms with van der Waals surface area (Å²) in [5.74, 6) is 0.0728. The van der Waals surface area contributed by atoms with Crippen LogP contribution < -0.4 is 39.1 Å². The zero-order valence-corrected chi connectivity index (χ0v) is 15.9. The van der Waals surface area contributed by atoms with Crippen molar-refractivity contribution in [2.24, 2.45) is 0 Å². The van der Waals surface area contributed by atoms with E-state index in [9.17, 15) is 14.4 Å². The average molecular weight is 348 g/mol. The van der Waals surface area contributed by atoms with Crippen LogP contribution in [0.15, 0.2) is 24.3 Å². The summed E-state index contributed by atoms with van der Waals surface area (Å²) in [6.07, 6.45) is 3.14. The molecule has 0 amide bonds. The van der Waals surface area contributed by atoms with Crippen LogP contribution in [0.3, 0.4) is 0 Å². The van der Waals surface area contributed by atoms with E-state index >= 15 is 0 Å². The Morgan fingerprint density at radius 1 is 1.11 bits per heavy atom. The minimum absolute atomic E-state index is 0. The fourth-order valence-corrected chi connectivity index (χ4v) is 1.61. The third-order valence-electron chi connectivity index (χ3n) is 1.96. The summed E-state index contributed by atoms with van der Waals surface area (Å²) in [5.41, 5.74) is 1.11. The first-order chi connectivity index (χ1) is 7.01. The Morgan fingerprint density at radius 2 is 1.58 bits per heavy atom. The quantitative estimate of drug-likeness (QED) is 0.393. The molecule has 100 valence electrons. The minimum Gasteiger partial charge on any atom is -1.00 e. The smallest absolute Gasteiger partial charge is 1.00 e. The van der Waals surface area contributed by atoms with Gasteiger partial charge in [-0.1, -0.05) is 25.5 Å². The number of hydrogen-bond acceptors (Lipinski definition) is 4. The Balaban J connectivity index is -0.000000281. The second-order valence-electron chi connectivity index (χ2n) is 3.29. The topological polar surface area (TPSA) is 72.4 Å². The van der Waals surface area contributed by atoms with Gasteiger partial charge in [-0.25, -0.2) is 0 Å². The maximum Gasteiger partial charge on any atom is 2.00 e. The summed E-state index contributed by atoms with van der Waals surface area (Å²) in [4.78, 5) is 20.6. The molecule has 0 aromatic heterocycles. The van der Waals surface area contributed by atoms with E-state index in [0.29, 0.717) is 0 Å². The summed E-state index contributed by atoms with van der Waals surface area (Å²) in [6, 6.07) is 6.52. The summed E-state index contributed by atoms with van der Waals surface area (Å²) in [6.45, 7) is 2.10. The fraction of sp³-hybridized carbons (Fsp3) is 0.400. The third-order valence-corrected chi connectivity index (χ3v) is 2.39. The molecule has 0 bridgehead atoms. The molecule has 0 saturated heterocycles. The Kier molecular flexibility index (Phi) is 21.3. The molecule has 1 rings (SSSR count). The first kappa shape index (κ1) is 28.4. The van der Waals surface area contributed by atoms with Gasteiger partial charge >= 0.3 is 46.1 Å². The van der Waals surface area contributed by atoms with Crippen LogP contribution in [0, 0.1) is 0 Å². The number of phosphoric acid groups is 1. The Morgan fingerprint density at radius 3 is 1.95 bits per heavy atom. The van der Waals surface area contributed by atoms with Crippen molar-refractivity contribution in [2.45, 2.75) is 26.2 Å². The van der Waals surface area contributed by atoms with Gasteiger partial charge in [0.25, 0.3) is 0 Å². The van der Waals surface area contributed by atoms with E-state index in [4.69, 9.17) is 0 Å². The number of unbranched alkanes of at least 4 members (excludes halogenated alkanes) is 1. The summed E-state index contributed by atoms with van der Waals surface area (Å²) >= 11 is 0. The van der Waals surface area contributed by atoms with Gasteiger partial charge in [-0.2, -0.15) is 0 Å². The molecule has 0 N–H and O–H groups in total. The molecule has 4 nitrogen and oxygen atoms in total. The predicted octanol–water partition coefficient (Wildman–Crippen LogP) is -5.52. The van der Waals surface area contributed by atoms with E-state index in [0.717, 1.165) is 24.8 Å². The number of phosphoric ester groups is 1. The maximum absolute atomic E-state index is 10.3. The molecule has 19 heavy (non-hydrogen) atoms. The van der Waals surface area contributed by atoms with Gasteiger partial charge < -0.3 is 43.7 Å². The van der Waals surface area contributed by atoms with Gasteiger partial charge in [0.1, 0.15) is 13.6 Å². The van der Waals surface area contributed by atoms with Gasteiger partial charge in [0.2, 0.25) is 0 Å². The molecule has 0 heterocycles. The van der Waals surface area contributed by atoms with E-state index in [2.05, 4.69) is 11.4 Å². The van der Waals surface area contributed by atoms with Gasteiger partial charge in [0.05, 0.1) is 0 Å². The van der Waals surface area contributed by atoms with E-state index in [1.54, 1.807) is 12.1 Å². The minimum atomic E-state index is -4.92. The first-order valence-electron chi connectivity index (χ1n) is 4.82. The predicted molar refractivity (Wildman–Crippen MR) is 64.8 cm³/mol. The van der Waals surface area contributed by atoms with Crippen molar-refractivity contribution in [3.05, 3.63) is 29.8 Å². The number of rotatable bonds is 5. The van der Waals surface area contributed by atoms with Gasteiger partial charge in [-0.05, 0) is 30.5 Å². The zero-order chi connectivity index (χ0) is 11.3. The standard InChI is InChI=1S/C10H15O4P.2ClH.2Mg/c1-2-3-4-9-5-7-10(8-6-9)14-15(11,12)13;;;;/h5-8H,2-4H2,1H3,(H2,11,12,13);2*1H;;/q;;;2*+2/p-4. The van der Waals surface area contributed by atoms with Crippen molar-refractivity contribution in [1.82, 2.24) is 0 Å². The Labute approximate surface area is 158 Å². The molecule has 1 aromatic carbocycles. The van der Waals surface area contributed by atoms with Crippen molar-refractivity contribution in [3.63, 3.8) is 0 Å². The van der Waals surface area contributed by atoms with E-state index < -0.39 is 7.82 Å². The second-order valence-corrected chi connectivity index (χ2v) is 4.36. The van der Waals surface area contributed by atoms with E-state index in [1.165, 1.54) is 12.1 Å². The largest absolute Gasteiger partial charge is 2.00 e. The molecule has 0 fully saturated rings. The van der Waals surface area contributed by atoms with Crippen molar-refractivity contribution in [2.75, 3.05) is 0 Å². The van der Waals surface area contributed by atoms with Gasteiger partial charge in [-0.15, -0.1) is 0 Å². The monoisotopic (exact) mass is 346 g/mol. The van der Waals surface area contributed by atoms with Gasteiger partial charge in [0, 0.05) is 0 Å². The molecular weight excluding hydrogens is 335 g/mol. The average Bonchev–Trinajstić information content (AvgIpc) is 2.14. The van der Waals surface area contributed by atoms with Crippen molar-refractivity contribution >= 4 is 53.9 Å². The molecule has 1 aromatic rings. The van der Waals surface area contributed by atoms with Crippen molar-refractivity contribution in [1.29, 1.82) is 0 Å². The van der Waals surface area contributed by atoms with Crippen LogP contribution in [0.25, 0.3) is 0 Å². The normalized spacial score (nSPS) is 9.00. The molecule has 9 heteroatoms. The molecule has 0 saturated carbocycles. The van der Waals surface area contributed by atoms with Gasteiger partial charge in [0.15, 0.2) is 0 Å². The Bertz CT molecular complexity index is 359. The fourth-order valence-electron chi connectivity index (χ4n) is 1.23. The number of halogens is 2. The van der Waals surface area contributed by atoms with Crippen LogP contribution in [0.4, 0.5) is 0 Å². The molecule has 0 aliphatic heterocycles. The van der Waals surface area contributed by atoms with Crippen LogP contribution in [0.1, 0.15) is 25.3 Å². The van der Waals surface area contributed by atoms with Crippen molar-refractivity contribution < 1.29 is 43.7 Å². The SMILES string of the molecule is CCCCc1ccc(OP(=O)([O-])[O-])cc1.[Cl-].[Cl-].[Mg+2].[Mg+2]. The number of aryl methyl sites for hydroxylation is 1. The van der Waals surface area contributed by atoms with Crippen LogP contribution in [0.5, 0.6) is 5.75 Å². The van der Waals surface area contributed by atoms with Crippen LogP contribution in [-0.4, -0.2) is 46.1 Å². The molecule has 0 aliphatic carbocycles.